The zero-order valence-corrected chi connectivity index (χ0v) is 12.1. The lowest BCUT2D eigenvalue weighted by Crippen LogP contribution is -2.30. The van der Waals surface area contributed by atoms with Gasteiger partial charge in [-0.05, 0) is 31.2 Å². The molecule has 0 fully saturated rings. The molecule has 6 heteroatoms. The van der Waals surface area contributed by atoms with E-state index in [0.29, 0.717) is 12.1 Å². The Morgan fingerprint density at radius 3 is 2.55 bits per heavy atom. The highest BCUT2D eigenvalue weighted by Gasteiger charge is 2.17. The van der Waals surface area contributed by atoms with Crippen LogP contribution in [0.2, 0.25) is 0 Å². The summed E-state index contributed by atoms with van der Waals surface area (Å²) in [6.45, 7) is 2.47. The van der Waals surface area contributed by atoms with E-state index in [4.69, 9.17) is 0 Å². The average Bonchev–Trinajstić information content (AvgIpc) is 3.07. The van der Waals surface area contributed by atoms with E-state index < -0.39 is 0 Å². The molecule has 0 aliphatic heterocycles. The van der Waals surface area contributed by atoms with Gasteiger partial charge in [0.2, 0.25) is 0 Å². The first kappa shape index (κ1) is 13.9. The predicted molar refractivity (Wildman–Crippen MR) is 82.9 cm³/mol. The van der Waals surface area contributed by atoms with Gasteiger partial charge in [0.15, 0.2) is 0 Å². The van der Waals surface area contributed by atoms with Crippen molar-refractivity contribution in [2.24, 2.45) is 0 Å². The third kappa shape index (κ3) is 2.71. The summed E-state index contributed by atoms with van der Waals surface area (Å²) in [6, 6.07) is 7.25. The number of carbonyl (C=O) groups is 1. The number of nitrogens with zero attached hydrogens (tertiary/aromatic N) is 5. The van der Waals surface area contributed by atoms with Crippen LogP contribution in [0.25, 0.3) is 5.69 Å². The minimum atomic E-state index is -0.0960. The van der Waals surface area contributed by atoms with Crippen LogP contribution in [-0.4, -0.2) is 32.2 Å². The molecule has 22 heavy (non-hydrogen) atoms. The second kappa shape index (κ2) is 6.17. The standard InChI is InChI=1S/C16H15N5O/c1-2-20(16(22)13-5-3-7-17-9-13)15-11-19-21(12-15)14-6-4-8-18-10-14/h3-12H,2H2,1H3. The Morgan fingerprint density at radius 1 is 1.14 bits per heavy atom. The summed E-state index contributed by atoms with van der Waals surface area (Å²) < 4.78 is 1.70. The summed E-state index contributed by atoms with van der Waals surface area (Å²) in [7, 11) is 0. The number of rotatable bonds is 4. The molecule has 0 saturated heterocycles. The Morgan fingerprint density at radius 2 is 1.91 bits per heavy atom. The molecular formula is C16H15N5O. The minimum Gasteiger partial charge on any atom is -0.306 e. The van der Waals surface area contributed by atoms with Crippen LogP contribution in [0.15, 0.2) is 61.4 Å². The van der Waals surface area contributed by atoms with E-state index in [0.717, 1.165) is 11.4 Å². The molecule has 3 rings (SSSR count). The van der Waals surface area contributed by atoms with Crippen LogP contribution in [0.1, 0.15) is 17.3 Å². The molecule has 0 radical (unpaired) electrons. The SMILES string of the molecule is CCN(C(=O)c1cccnc1)c1cnn(-c2cccnc2)c1. The van der Waals surface area contributed by atoms with E-state index in [1.807, 2.05) is 25.3 Å². The van der Waals surface area contributed by atoms with Gasteiger partial charge in [-0.2, -0.15) is 5.10 Å². The molecular weight excluding hydrogens is 278 g/mol. The smallest absolute Gasteiger partial charge is 0.259 e. The summed E-state index contributed by atoms with van der Waals surface area (Å²) >= 11 is 0. The Labute approximate surface area is 128 Å². The number of hydrogen-bond acceptors (Lipinski definition) is 4. The Balaban J connectivity index is 1.89. The van der Waals surface area contributed by atoms with Crippen molar-refractivity contribution in [2.45, 2.75) is 6.92 Å². The van der Waals surface area contributed by atoms with Crippen LogP contribution in [0, 0.1) is 0 Å². The fraction of sp³-hybridized carbons (Fsp3) is 0.125. The molecule has 3 aromatic heterocycles. The van der Waals surface area contributed by atoms with Crippen LogP contribution in [0.5, 0.6) is 0 Å². The maximum absolute atomic E-state index is 12.6. The highest BCUT2D eigenvalue weighted by molar-refractivity contribution is 6.05. The van der Waals surface area contributed by atoms with E-state index in [2.05, 4.69) is 15.1 Å². The quantitative estimate of drug-likeness (QED) is 0.740. The van der Waals surface area contributed by atoms with Gasteiger partial charge >= 0.3 is 0 Å². The molecule has 0 aromatic carbocycles. The highest BCUT2D eigenvalue weighted by Crippen LogP contribution is 2.18. The Hall–Kier alpha value is -3.02. The lowest BCUT2D eigenvalue weighted by atomic mass is 10.2. The number of carbonyl (C=O) groups excluding carboxylic acids is 1. The Bertz CT molecular complexity index is 754. The summed E-state index contributed by atoms with van der Waals surface area (Å²) in [5.74, 6) is -0.0960. The van der Waals surface area contributed by atoms with Crippen LogP contribution >= 0.6 is 0 Å². The molecule has 3 aromatic rings. The third-order valence-corrected chi connectivity index (χ3v) is 3.26. The average molecular weight is 293 g/mol. The largest absolute Gasteiger partial charge is 0.306 e. The molecule has 0 aliphatic carbocycles. The molecule has 0 bridgehead atoms. The normalized spacial score (nSPS) is 10.4. The van der Waals surface area contributed by atoms with Gasteiger partial charge in [0, 0.05) is 25.1 Å². The summed E-state index contributed by atoms with van der Waals surface area (Å²) in [5.41, 5.74) is 2.14. The molecule has 0 atom stereocenters. The topological polar surface area (TPSA) is 63.9 Å². The van der Waals surface area contributed by atoms with Crippen molar-refractivity contribution in [1.82, 2.24) is 19.7 Å². The number of pyridine rings is 2. The molecule has 110 valence electrons. The predicted octanol–water partition coefficient (Wildman–Crippen LogP) is 2.33. The lowest BCUT2D eigenvalue weighted by molar-refractivity contribution is 0.0988. The summed E-state index contributed by atoms with van der Waals surface area (Å²) in [5, 5.41) is 4.30. The van der Waals surface area contributed by atoms with E-state index in [9.17, 15) is 4.79 Å². The first-order chi connectivity index (χ1) is 10.8. The summed E-state index contributed by atoms with van der Waals surface area (Å²) in [4.78, 5) is 22.3. The van der Waals surface area contributed by atoms with Gasteiger partial charge in [-0.15, -0.1) is 0 Å². The molecule has 0 N–H and O–H groups in total. The number of amides is 1. The van der Waals surface area contributed by atoms with Gasteiger partial charge in [0.25, 0.3) is 5.91 Å². The van der Waals surface area contributed by atoms with Crippen LogP contribution in [-0.2, 0) is 0 Å². The van der Waals surface area contributed by atoms with Gasteiger partial charge in [0.1, 0.15) is 0 Å². The van der Waals surface area contributed by atoms with Crippen molar-refractivity contribution in [3.05, 3.63) is 67.0 Å². The van der Waals surface area contributed by atoms with Gasteiger partial charge in [0.05, 0.1) is 35.5 Å². The monoisotopic (exact) mass is 293 g/mol. The fourth-order valence-corrected chi connectivity index (χ4v) is 2.17. The van der Waals surface area contributed by atoms with Gasteiger partial charge < -0.3 is 4.90 Å². The maximum atomic E-state index is 12.6. The molecule has 0 saturated carbocycles. The van der Waals surface area contributed by atoms with Crippen molar-refractivity contribution in [2.75, 3.05) is 11.4 Å². The maximum Gasteiger partial charge on any atom is 0.259 e. The highest BCUT2D eigenvalue weighted by atomic mass is 16.2. The molecule has 1 amide bonds. The zero-order valence-electron chi connectivity index (χ0n) is 12.1. The molecule has 3 heterocycles. The van der Waals surface area contributed by atoms with Crippen molar-refractivity contribution in [3.63, 3.8) is 0 Å². The van der Waals surface area contributed by atoms with E-state index in [1.54, 1.807) is 52.7 Å². The van der Waals surface area contributed by atoms with Crippen LogP contribution in [0.4, 0.5) is 5.69 Å². The van der Waals surface area contributed by atoms with Crippen LogP contribution in [0.3, 0.4) is 0 Å². The summed E-state index contributed by atoms with van der Waals surface area (Å²) in [6.07, 6.45) is 10.1. The second-order valence-corrected chi connectivity index (χ2v) is 4.65. The number of anilines is 1. The first-order valence-corrected chi connectivity index (χ1v) is 6.96. The molecule has 0 spiro atoms. The lowest BCUT2D eigenvalue weighted by Gasteiger charge is -2.18. The third-order valence-electron chi connectivity index (χ3n) is 3.26. The fourth-order valence-electron chi connectivity index (χ4n) is 2.17. The van der Waals surface area contributed by atoms with Crippen molar-refractivity contribution in [3.8, 4) is 5.69 Å². The number of aromatic nitrogens is 4. The van der Waals surface area contributed by atoms with Gasteiger partial charge in [-0.1, -0.05) is 0 Å². The zero-order chi connectivity index (χ0) is 15.4. The number of hydrogen-bond donors (Lipinski definition) is 0. The van der Waals surface area contributed by atoms with Crippen molar-refractivity contribution >= 4 is 11.6 Å². The molecule has 6 nitrogen and oxygen atoms in total. The minimum absolute atomic E-state index is 0.0960. The van der Waals surface area contributed by atoms with E-state index >= 15 is 0 Å². The van der Waals surface area contributed by atoms with Crippen molar-refractivity contribution < 1.29 is 4.79 Å². The molecule has 0 aliphatic rings. The molecule has 0 unspecified atom stereocenters. The first-order valence-electron chi connectivity index (χ1n) is 6.96. The van der Waals surface area contributed by atoms with Gasteiger partial charge in [-0.25, -0.2) is 4.68 Å². The van der Waals surface area contributed by atoms with Crippen molar-refractivity contribution in [1.29, 1.82) is 0 Å². The van der Waals surface area contributed by atoms with E-state index in [-0.39, 0.29) is 5.91 Å². The Kier molecular flexibility index (Phi) is 3.91. The van der Waals surface area contributed by atoms with Gasteiger partial charge in [-0.3, -0.25) is 14.8 Å². The van der Waals surface area contributed by atoms with Crippen LogP contribution < -0.4 is 4.90 Å². The van der Waals surface area contributed by atoms with E-state index in [1.165, 1.54) is 0 Å². The second-order valence-electron chi connectivity index (χ2n) is 4.65.